The highest BCUT2D eigenvalue weighted by molar-refractivity contribution is 5.67. The van der Waals surface area contributed by atoms with Crippen molar-refractivity contribution in [1.82, 2.24) is 14.7 Å². The highest BCUT2D eigenvalue weighted by Crippen LogP contribution is 2.47. The van der Waals surface area contributed by atoms with Gasteiger partial charge in [-0.15, -0.1) is 0 Å². The first-order chi connectivity index (χ1) is 11.0. The normalized spacial score (nSPS) is 22.5. The van der Waals surface area contributed by atoms with E-state index in [1.165, 1.54) is 36.9 Å². The quantitative estimate of drug-likeness (QED) is 0.927. The largest absolute Gasteiger partial charge is 0.481 e. The summed E-state index contributed by atoms with van der Waals surface area (Å²) in [4.78, 5) is 13.4. The van der Waals surface area contributed by atoms with Crippen LogP contribution in [-0.4, -0.2) is 38.8 Å². The molecule has 0 aromatic carbocycles. The Balaban J connectivity index is 1.49. The minimum atomic E-state index is -0.633. The molecule has 0 unspecified atom stereocenters. The van der Waals surface area contributed by atoms with Gasteiger partial charge in [-0.2, -0.15) is 5.10 Å². The molecule has 1 aliphatic heterocycles. The van der Waals surface area contributed by atoms with Crippen molar-refractivity contribution in [3.63, 3.8) is 0 Å². The number of likely N-dealkylation sites (tertiary alicyclic amines) is 1. The van der Waals surface area contributed by atoms with Crippen LogP contribution in [0.1, 0.15) is 56.2 Å². The molecule has 23 heavy (non-hydrogen) atoms. The maximum Gasteiger partial charge on any atom is 0.303 e. The Morgan fingerprint density at radius 3 is 2.48 bits per heavy atom. The van der Waals surface area contributed by atoms with Crippen LogP contribution in [0.3, 0.4) is 0 Å². The Bertz CT molecular complexity index is 549. The molecule has 1 aliphatic carbocycles. The van der Waals surface area contributed by atoms with E-state index >= 15 is 0 Å². The molecule has 3 rings (SSSR count). The predicted octanol–water partition coefficient (Wildman–Crippen LogP) is 2.98. The summed E-state index contributed by atoms with van der Waals surface area (Å²) < 4.78 is 1.90. The van der Waals surface area contributed by atoms with Gasteiger partial charge in [0.2, 0.25) is 0 Å². The molecular formula is C18H29N3O2. The first-order valence-electron chi connectivity index (χ1n) is 8.89. The third-order valence-electron chi connectivity index (χ3n) is 6.03. The summed E-state index contributed by atoms with van der Waals surface area (Å²) in [5, 5.41) is 13.5. The summed E-state index contributed by atoms with van der Waals surface area (Å²) in [5.41, 5.74) is 2.97. The smallest absolute Gasteiger partial charge is 0.303 e. The van der Waals surface area contributed by atoms with Crippen LogP contribution in [0.15, 0.2) is 6.20 Å². The number of aromatic nitrogens is 2. The number of carboxylic acid groups (broad SMARTS) is 1. The van der Waals surface area contributed by atoms with Crippen LogP contribution in [0.2, 0.25) is 0 Å². The second-order valence-corrected chi connectivity index (χ2v) is 7.75. The van der Waals surface area contributed by atoms with Gasteiger partial charge in [-0.1, -0.05) is 0 Å². The summed E-state index contributed by atoms with van der Waals surface area (Å²) in [5.74, 6) is -0.223. The minimum Gasteiger partial charge on any atom is -0.481 e. The number of aliphatic carboxylic acids is 1. The SMILES string of the molecule is Cc1cn(C)nc1CN1CCC2(CCC(CC(=O)O)CC2)CC1. The highest BCUT2D eigenvalue weighted by Gasteiger charge is 2.38. The average molecular weight is 319 g/mol. The summed E-state index contributed by atoms with van der Waals surface area (Å²) in [6.45, 7) is 5.40. The highest BCUT2D eigenvalue weighted by atomic mass is 16.4. The second kappa shape index (κ2) is 6.63. The van der Waals surface area contributed by atoms with E-state index in [0.29, 0.717) is 17.8 Å². The van der Waals surface area contributed by atoms with E-state index in [1.54, 1.807) is 0 Å². The van der Waals surface area contributed by atoms with Gasteiger partial charge in [0.25, 0.3) is 0 Å². The topological polar surface area (TPSA) is 58.4 Å². The molecule has 1 N–H and O–H groups in total. The third kappa shape index (κ3) is 3.94. The zero-order valence-corrected chi connectivity index (χ0v) is 14.4. The maximum absolute atomic E-state index is 10.9. The van der Waals surface area contributed by atoms with Crippen LogP contribution in [-0.2, 0) is 18.4 Å². The summed E-state index contributed by atoms with van der Waals surface area (Å²) >= 11 is 0. The molecule has 1 saturated carbocycles. The van der Waals surface area contributed by atoms with E-state index in [4.69, 9.17) is 5.11 Å². The number of nitrogens with zero attached hydrogens (tertiary/aromatic N) is 3. The van der Waals surface area contributed by atoms with Crippen LogP contribution in [0.25, 0.3) is 0 Å². The zero-order chi connectivity index (χ0) is 16.4. The van der Waals surface area contributed by atoms with Crippen LogP contribution in [0.4, 0.5) is 0 Å². The fourth-order valence-electron chi connectivity index (χ4n) is 4.45. The number of hydrogen-bond acceptors (Lipinski definition) is 3. The van der Waals surface area contributed by atoms with Crippen molar-refractivity contribution in [1.29, 1.82) is 0 Å². The van der Waals surface area contributed by atoms with Gasteiger partial charge in [0.15, 0.2) is 0 Å². The van der Waals surface area contributed by atoms with Crippen molar-refractivity contribution in [3.05, 3.63) is 17.5 Å². The molecular weight excluding hydrogens is 290 g/mol. The fraction of sp³-hybridized carbons (Fsp3) is 0.778. The van der Waals surface area contributed by atoms with Gasteiger partial charge in [-0.3, -0.25) is 14.4 Å². The number of carboxylic acids is 1. The van der Waals surface area contributed by atoms with Crippen LogP contribution < -0.4 is 0 Å². The molecule has 1 aromatic rings. The first-order valence-corrected chi connectivity index (χ1v) is 8.89. The predicted molar refractivity (Wildman–Crippen MR) is 89.1 cm³/mol. The van der Waals surface area contributed by atoms with E-state index in [1.807, 2.05) is 11.7 Å². The Kier molecular flexibility index (Phi) is 4.76. The Morgan fingerprint density at radius 1 is 1.30 bits per heavy atom. The Morgan fingerprint density at radius 2 is 1.96 bits per heavy atom. The van der Waals surface area contributed by atoms with Gasteiger partial charge in [-0.05, 0) is 75.4 Å². The lowest BCUT2D eigenvalue weighted by Crippen LogP contribution is -2.41. The number of rotatable bonds is 4. The third-order valence-corrected chi connectivity index (χ3v) is 6.03. The van der Waals surface area contributed by atoms with E-state index in [-0.39, 0.29) is 0 Å². The molecule has 0 radical (unpaired) electrons. The molecule has 2 heterocycles. The van der Waals surface area contributed by atoms with E-state index in [0.717, 1.165) is 32.5 Å². The molecule has 5 heteroatoms. The van der Waals surface area contributed by atoms with Gasteiger partial charge < -0.3 is 5.11 Å². The molecule has 5 nitrogen and oxygen atoms in total. The first kappa shape index (κ1) is 16.5. The Labute approximate surface area is 138 Å². The fourth-order valence-corrected chi connectivity index (χ4v) is 4.45. The second-order valence-electron chi connectivity index (χ2n) is 7.75. The average Bonchev–Trinajstić information content (AvgIpc) is 2.82. The van der Waals surface area contributed by atoms with Gasteiger partial charge in [0, 0.05) is 26.2 Å². The van der Waals surface area contributed by atoms with Crippen LogP contribution in [0.5, 0.6) is 0 Å². The molecule has 0 amide bonds. The molecule has 128 valence electrons. The van der Waals surface area contributed by atoms with Crippen molar-refractivity contribution in [3.8, 4) is 0 Å². The molecule has 0 bridgehead atoms. The molecule has 2 aliphatic rings. The van der Waals surface area contributed by atoms with E-state index in [9.17, 15) is 4.79 Å². The number of piperidine rings is 1. The molecule has 1 aromatic heterocycles. The standard InChI is InChI=1S/C18H29N3O2/c1-14-12-20(2)19-16(14)13-21-9-7-18(8-10-21)5-3-15(4-6-18)11-17(22)23/h12,15H,3-11,13H2,1-2H3,(H,22,23). The lowest BCUT2D eigenvalue weighted by Gasteiger charge is -2.45. The van der Waals surface area contributed by atoms with Gasteiger partial charge in [0.1, 0.15) is 0 Å². The minimum absolute atomic E-state index is 0.362. The van der Waals surface area contributed by atoms with Crippen LogP contribution in [0, 0.1) is 18.3 Å². The monoisotopic (exact) mass is 319 g/mol. The van der Waals surface area contributed by atoms with Crippen molar-refractivity contribution in [2.24, 2.45) is 18.4 Å². The summed E-state index contributed by atoms with van der Waals surface area (Å²) in [6.07, 6.45) is 9.63. The molecule has 0 atom stereocenters. The van der Waals surface area contributed by atoms with E-state index < -0.39 is 5.97 Å². The van der Waals surface area contributed by atoms with Crippen molar-refractivity contribution < 1.29 is 9.90 Å². The number of carbonyl (C=O) groups is 1. The maximum atomic E-state index is 10.9. The van der Waals surface area contributed by atoms with Gasteiger partial charge in [0.05, 0.1) is 5.69 Å². The van der Waals surface area contributed by atoms with Crippen LogP contribution >= 0.6 is 0 Å². The van der Waals surface area contributed by atoms with Crippen molar-refractivity contribution in [2.75, 3.05) is 13.1 Å². The lowest BCUT2D eigenvalue weighted by molar-refractivity contribution is -0.138. The summed E-state index contributed by atoms with van der Waals surface area (Å²) in [6, 6.07) is 0. The number of aryl methyl sites for hydroxylation is 2. The van der Waals surface area contributed by atoms with Crippen molar-refractivity contribution in [2.45, 2.75) is 58.4 Å². The molecule has 2 fully saturated rings. The molecule has 1 saturated heterocycles. The summed E-state index contributed by atoms with van der Waals surface area (Å²) in [7, 11) is 1.98. The van der Waals surface area contributed by atoms with Gasteiger partial charge >= 0.3 is 5.97 Å². The number of hydrogen-bond donors (Lipinski definition) is 1. The molecule has 1 spiro atoms. The lowest BCUT2D eigenvalue weighted by atomic mass is 9.65. The zero-order valence-electron chi connectivity index (χ0n) is 14.4. The van der Waals surface area contributed by atoms with Crippen molar-refractivity contribution >= 4 is 5.97 Å². The van der Waals surface area contributed by atoms with E-state index in [2.05, 4.69) is 23.1 Å². The van der Waals surface area contributed by atoms with Gasteiger partial charge in [-0.25, -0.2) is 0 Å². The Hall–Kier alpha value is -1.36.